The normalized spacial score (nSPS) is 11.0. The molecule has 0 spiro atoms. The fraction of sp³-hybridized carbons (Fsp3) is 0.211. The number of fused-ring (bicyclic) bond motifs is 1. The maximum absolute atomic E-state index is 4.87. The molecule has 0 bridgehead atoms. The summed E-state index contributed by atoms with van der Waals surface area (Å²) < 4.78 is 0. The monoisotopic (exact) mass is 362 g/mol. The zero-order valence-corrected chi connectivity index (χ0v) is 15.7. The molecule has 0 saturated heterocycles. The van der Waals surface area contributed by atoms with Crippen LogP contribution in [0.25, 0.3) is 21.6 Å². The predicted octanol–water partition coefficient (Wildman–Crippen LogP) is 3.80. The van der Waals surface area contributed by atoms with Crippen molar-refractivity contribution in [2.24, 2.45) is 0 Å². The van der Waals surface area contributed by atoms with Crippen molar-refractivity contribution < 1.29 is 0 Å². The van der Waals surface area contributed by atoms with Crippen molar-refractivity contribution in [1.82, 2.24) is 24.9 Å². The second-order valence-electron chi connectivity index (χ2n) is 6.10. The van der Waals surface area contributed by atoms with Gasteiger partial charge in [0.25, 0.3) is 0 Å². The summed E-state index contributed by atoms with van der Waals surface area (Å²) in [7, 11) is 2.01. The summed E-state index contributed by atoms with van der Waals surface area (Å²) in [6.07, 6.45) is 7.05. The van der Waals surface area contributed by atoms with Crippen LogP contribution < -0.4 is 4.90 Å². The Morgan fingerprint density at radius 3 is 2.58 bits per heavy atom. The smallest absolute Gasteiger partial charge is 0.164 e. The van der Waals surface area contributed by atoms with Gasteiger partial charge in [0.1, 0.15) is 16.5 Å². The first kappa shape index (κ1) is 16.5. The van der Waals surface area contributed by atoms with Gasteiger partial charge in [-0.2, -0.15) is 0 Å². The van der Waals surface area contributed by atoms with Gasteiger partial charge in [-0.3, -0.25) is 4.98 Å². The first-order chi connectivity index (χ1) is 12.6. The Hall–Kier alpha value is -2.93. The van der Waals surface area contributed by atoms with Crippen LogP contribution in [0.1, 0.15) is 16.3 Å². The summed E-state index contributed by atoms with van der Waals surface area (Å²) in [6, 6.07) is 5.69. The molecule has 0 amide bonds. The summed E-state index contributed by atoms with van der Waals surface area (Å²) in [5.41, 5.74) is 2.13. The fourth-order valence-corrected chi connectivity index (χ4v) is 3.85. The van der Waals surface area contributed by atoms with Crippen molar-refractivity contribution in [1.29, 1.82) is 0 Å². The highest BCUT2D eigenvalue weighted by Gasteiger charge is 2.18. The van der Waals surface area contributed by atoms with Crippen molar-refractivity contribution in [2.75, 3.05) is 11.9 Å². The largest absolute Gasteiger partial charge is 0.351 e. The van der Waals surface area contributed by atoms with Crippen LogP contribution in [0.2, 0.25) is 0 Å². The number of pyridine rings is 1. The van der Waals surface area contributed by atoms with E-state index < -0.39 is 0 Å². The molecule has 130 valence electrons. The fourth-order valence-electron chi connectivity index (χ4n) is 2.83. The molecule has 0 aliphatic heterocycles. The third-order valence-corrected chi connectivity index (χ3v) is 5.39. The molecule has 0 atom stereocenters. The number of anilines is 1. The Morgan fingerprint density at radius 2 is 1.85 bits per heavy atom. The minimum atomic E-state index is 0.577. The van der Waals surface area contributed by atoms with Gasteiger partial charge in [-0.05, 0) is 37.6 Å². The minimum absolute atomic E-state index is 0.577. The van der Waals surface area contributed by atoms with Gasteiger partial charge in [-0.15, -0.1) is 11.3 Å². The third-order valence-electron chi connectivity index (χ3n) is 4.29. The zero-order valence-electron chi connectivity index (χ0n) is 14.8. The van der Waals surface area contributed by atoms with E-state index in [1.54, 1.807) is 36.1 Å². The number of hydrogen-bond acceptors (Lipinski definition) is 7. The molecule has 26 heavy (non-hydrogen) atoms. The first-order valence-electron chi connectivity index (χ1n) is 8.28. The average molecular weight is 362 g/mol. The lowest BCUT2D eigenvalue weighted by Crippen LogP contribution is -2.20. The predicted molar refractivity (Wildman–Crippen MR) is 104 cm³/mol. The van der Waals surface area contributed by atoms with Crippen molar-refractivity contribution >= 4 is 27.4 Å². The molecule has 0 aliphatic carbocycles. The van der Waals surface area contributed by atoms with Gasteiger partial charge < -0.3 is 4.90 Å². The SMILES string of the molecule is Cc1sc2nc(-c3cccnc3)nc(N(C)Cc3ncccn3)c2c1C. The van der Waals surface area contributed by atoms with Crippen LogP contribution in [-0.2, 0) is 6.54 Å². The van der Waals surface area contributed by atoms with E-state index in [-0.39, 0.29) is 0 Å². The number of hydrogen-bond donors (Lipinski definition) is 0. The van der Waals surface area contributed by atoms with Gasteiger partial charge >= 0.3 is 0 Å². The van der Waals surface area contributed by atoms with Crippen LogP contribution >= 0.6 is 11.3 Å². The molecule has 4 aromatic heterocycles. The van der Waals surface area contributed by atoms with Gasteiger partial charge in [-0.25, -0.2) is 19.9 Å². The highest BCUT2D eigenvalue weighted by Crippen LogP contribution is 2.36. The maximum Gasteiger partial charge on any atom is 0.164 e. The van der Waals surface area contributed by atoms with E-state index in [0.717, 1.165) is 27.4 Å². The lowest BCUT2D eigenvalue weighted by atomic mass is 10.2. The van der Waals surface area contributed by atoms with Gasteiger partial charge in [0.05, 0.1) is 11.9 Å². The Balaban J connectivity index is 1.85. The third kappa shape index (κ3) is 3.01. The van der Waals surface area contributed by atoms with Gasteiger partial charge in [0.2, 0.25) is 0 Å². The van der Waals surface area contributed by atoms with E-state index in [0.29, 0.717) is 12.4 Å². The van der Waals surface area contributed by atoms with Crippen LogP contribution in [0.15, 0.2) is 43.0 Å². The van der Waals surface area contributed by atoms with E-state index in [1.165, 1.54) is 10.4 Å². The molecule has 6 nitrogen and oxygen atoms in total. The van der Waals surface area contributed by atoms with E-state index in [2.05, 4.69) is 33.7 Å². The summed E-state index contributed by atoms with van der Waals surface area (Å²) >= 11 is 1.70. The lowest BCUT2D eigenvalue weighted by molar-refractivity contribution is 0.826. The number of nitrogens with zero attached hydrogens (tertiary/aromatic N) is 6. The van der Waals surface area contributed by atoms with Crippen molar-refractivity contribution in [3.63, 3.8) is 0 Å². The molecule has 4 aromatic rings. The summed E-state index contributed by atoms with van der Waals surface area (Å²) in [5, 5.41) is 1.10. The quantitative estimate of drug-likeness (QED) is 0.550. The Kier molecular flexibility index (Phi) is 4.30. The van der Waals surface area contributed by atoms with Crippen LogP contribution in [0.5, 0.6) is 0 Å². The molecular formula is C19H18N6S. The molecule has 0 aromatic carbocycles. The molecule has 4 heterocycles. The van der Waals surface area contributed by atoms with Gasteiger partial charge in [0, 0.05) is 42.3 Å². The molecule has 0 unspecified atom stereocenters. The topological polar surface area (TPSA) is 67.7 Å². The number of thiophene rings is 1. The van der Waals surface area contributed by atoms with Gasteiger partial charge in [-0.1, -0.05) is 0 Å². The van der Waals surface area contributed by atoms with E-state index in [4.69, 9.17) is 9.97 Å². The second-order valence-corrected chi connectivity index (χ2v) is 7.30. The molecule has 0 aliphatic rings. The Bertz CT molecular complexity index is 1050. The Labute approximate surface area is 155 Å². The number of aryl methyl sites for hydroxylation is 2. The molecular weight excluding hydrogens is 344 g/mol. The highest BCUT2D eigenvalue weighted by molar-refractivity contribution is 7.18. The summed E-state index contributed by atoms with van der Waals surface area (Å²) in [5.74, 6) is 2.33. The molecule has 0 fully saturated rings. The second kappa shape index (κ2) is 6.76. The summed E-state index contributed by atoms with van der Waals surface area (Å²) in [4.78, 5) is 26.8. The molecule has 7 heteroatoms. The van der Waals surface area contributed by atoms with Crippen LogP contribution in [0.4, 0.5) is 5.82 Å². The van der Waals surface area contributed by atoms with E-state index >= 15 is 0 Å². The average Bonchev–Trinajstić information content (AvgIpc) is 2.96. The number of rotatable bonds is 4. The van der Waals surface area contributed by atoms with E-state index in [1.807, 2.05) is 25.2 Å². The van der Waals surface area contributed by atoms with Crippen molar-refractivity contribution in [3.8, 4) is 11.4 Å². The van der Waals surface area contributed by atoms with Crippen molar-refractivity contribution in [2.45, 2.75) is 20.4 Å². The molecule has 0 radical (unpaired) electrons. The van der Waals surface area contributed by atoms with Crippen LogP contribution in [0, 0.1) is 13.8 Å². The molecule has 4 rings (SSSR count). The lowest BCUT2D eigenvalue weighted by Gasteiger charge is -2.19. The van der Waals surface area contributed by atoms with E-state index in [9.17, 15) is 0 Å². The highest BCUT2D eigenvalue weighted by atomic mass is 32.1. The molecule has 0 saturated carbocycles. The maximum atomic E-state index is 4.87. The first-order valence-corrected chi connectivity index (χ1v) is 9.10. The standard InChI is InChI=1S/C19H18N6S/c1-12-13(2)26-19-16(12)18(25(3)11-15-21-8-5-9-22-15)23-17(24-19)14-6-4-7-20-10-14/h4-10H,11H2,1-3H3. The zero-order chi connectivity index (χ0) is 18.1. The minimum Gasteiger partial charge on any atom is -0.351 e. The molecule has 0 N–H and O–H groups in total. The van der Waals surface area contributed by atoms with Crippen molar-refractivity contribution in [3.05, 3.63) is 59.3 Å². The van der Waals surface area contributed by atoms with Crippen LogP contribution in [-0.4, -0.2) is 32.0 Å². The summed E-state index contributed by atoms with van der Waals surface area (Å²) in [6.45, 7) is 4.82. The van der Waals surface area contributed by atoms with Gasteiger partial charge in [0.15, 0.2) is 5.82 Å². The number of aromatic nitrogens is 5. The Morgan fingerprint density at radius 1 is 1.04 bits per heavy atom. The van der Waals surface area contributed by atoms with Crippen LogP contribution in [0.3, 0.4) is 0 Å².